The van der Waals surface area contributed by atoms with Crippen LogP contribution >= 0.6 is 0 Å². The van der Waals surface area contributed by atoms with E-state index in [1.807, 2.05) is 42.4 Å². The lowest BCUT2D eigenvalue weighted by Crippen LogP contribution is -2.25. The van der Waals surface area contributed by atoms with Crippen molar-refractivity contribution in [1.29, 1.82) is 0 Å². The molecule has 0 saturated heterocycles. The van der Waals surface area contributed by atoms with Crippen molar-refractivity contribution in [3.8, 4) is 0 Å². The van der Waals surface area contributed by atoms with Crippen LogP contribution in [0.25, 0.3) is 12.2 Å². The zero-order chi connectivity index (χ0) is 9.80. The molecule has 0 aromatic carbocycles. The minimum absolute atomic E-state index is 0.873. The minimum Gasteiger partial charge on any atom is -0.345 e. The highest BCUT2D eigenvalue weighted by Gasteiger charge is 1.91. The van der Waals surface area contributed by atoms with E-state index < -0.39 is 0 Å². The lowest BCUT2D eigenvalue weighted by Gasteiger charge is -1.89. The maximum atomic E-state index is 4.10. The second-order valence-electron chi connectivity index (χ2n) is 3.10. The summed E-state index contributed by atoms with van der Waals surface area (Å²) >= 11 is 0. The number of hydrogen-bond acceptors (Lipinski definition) is 1. The largest absolute Gasteiger partial charge is 0.345 e. The van der Waals surface area contributed by atoms with Crippen LogP contribution in [-0.2, 0) is 7.05 Å². The van der Waals surface area contributed by atoms with E-state index in [0.29, 0.717) is 0 Å². The third-order valence-electron chi connectivity index (χ3n) is 1.96. The molecule has 3 nitrogen and oxygen atoms in total. The van der Waals surface area contributed by atoms with Crippen LogP contribution in [0.5, 0.6) is 0 Å². The monoisotopic (exact) mass is 186 g/mol. The van der Waals surface area contributed by atoms with Gasteiger partial charge in [-0.2, -0.15) is 0 Å². The van der Waals surface area contributed by atoms with Crippen molar-refractivity contribution in [1.82, 2.24) is 9.97 Å². The number of nitrogens with one attached hydrogen (secondary N) is 1. The Morgan fingerprint density at radius 3 is 2.71 bits per heavy atom. The van der Waals surface area contributed by atoms with Gasteiger partial charge in [-0.1, -0.05) is 6.08 Å². The molecule has 0 radical (unpaired) electrons. The van der Waals surface area contributed by atoms with Crippen LogP contribution in [0.2, 0.25) is 0 Å². The Kier molecular flexibility index (Phi) is 2.40. The summed E-state index contributed by atoms with van der Waals surface area (Å²) < 4.78 is 2.00. The third kappa shape index (κ3) is 2.07. The van der Waals surface area contributed by atoms with Gasteiger partial charge in [0.25, 0.3) is 0 Å². The maximum Gasteiger partial charge on any atom is 0.169 e. The first kappa shape index (κ1) is 8.69. The highest BCUT2D eigenvalue weighted by atomic mass is 14.9. The van der Waals surface area contributed by atoms with E-state index in [4.69, 9.17) is 0 Å². The first-order valence-electron chi connectivity index (χ1n) is 4.47. The number of pyridine rings is 1. The summed E-state index contributed by atoms with van der Waals surface area (Å²) in [6, 6.07) is 4.11. The van der Waals surface area contributed by atoms with E-state index >= 15 is 0 Å². The molecule has 2 rings (SSSR count). The van der Waals surface area contributed by atoms with Gasteiger partial charge in [0.1, 0.15) is 12.9 Å². The normalized spacial score (nSPS) is 10.9. The lowest BCUT2D eigenvalue weighted by atomic mass is 10.2. The Morgan fingerprint density at radius 1 is 1.29 bits per heavy atom. The molecule has 0 aliphatic rings. The van der Waals surface area contributed by atoms with Gasteiger partial charge in [0, 0.05) is 24.5 Å². The molecule has 0 atom stereocenters. The van der Waals surface area contributed by atoms with Gasteiger partial charge in [-0.15, -0.1) is 0 Å². The van der Waals surface area contributed by atoms with Crippen molar-refractivity contribution in [2.24, 2.45) is 7.05 Å². The Morgan fingerprint density at radius 2 is 2.07 bits per heavy atom. The number of aryl methyl sites for hydroxylation is 1. The van der Waals surface area contributed by atoms with Crippen LogP contribution in [0.15, 0.2) is 36.9 Å². The average molecular weight is 186 g/mol. The Labute approximate surface area is 82.8 Å². The van der Waals surface area contributed by atoms with Crippen molar-refractivity contribution in [2.75, 3.05) is 0 Å². The van der Waals surface area contributed by atoms with Crippen LogP contribution in [-0.4, -0.2) is 9.97 Å². The smallest absolute Gasteiger partial charge is 0.169 e. The summed E-state index contributed by atoms with van der Waals surface area (Å²) in [5, 5.41) is 0. The predicted octanol–water partition coefficient (Wildman–Crippen LogP) is 1.40. The average Bonchev–Trinajstić information content (AvgIpc) is 2.70. The van der Waals surface area contributed by atoms with Gasteiger partial charge in [0.2, 0.25) is 0 Å². The predicted molar refractivity (Wildman–Crippen MR) is 55.1 cm³/mol. The molecular weight excluding hydrogens is 174 g/mol. The SMILES string of the molecule is C[n+]1ccc(C=Cc2ncc[nH]2)cc1. The zero-order valence-corrected chi connectivity index (χ0v) is 8.01. The highest BCUT2D eigenvalue weighted by Crippen LogP contribution is 2.01. The molecule has 0 saturated carbocycles. The Bertz CT molecular complexity index is 412. The number of imidazole rings is 1. The van der Waals surface area contributed by atoms with Gasteiger partial charge in [-0.3, -0.25) is 0 Å². The second kappa shape index (κ2) is 3.87. The van der Waals surface area contributed by atoms with Crippen LogP contribution < -0.4 is 4.57 Å². The van der Waals surface area contributed by atoms with Gasteiger partial charge in [0.15, 0.2) is 12.4 Å². The van der Waals surface area contributed by atoms with Gasteiger partial charge in [0.05, 0.1) is 0 Å². The van der Waals surface area contributed by atoms with E-state index in [1.165, 1.54) is 5.56 Å². The van der Waals surface area contributed by atoms with E-state index in [0.717, 1.165) is 5.82 Å². The minimum atomic E-state index is 0.873. The molecule has 2 heterocycles. The molecule has 0 aliphatic carbocycles. The van der Waals surface area contributed by atoms with Gasteiger partial charge >= 0.3 is 0 Å². The fourth-order valence-electron chi connectivity index (χ4n) is 1.17. The van der Waals surface area contributed by atoms with Crippen LogP contribution in [0.1, 0.15) is 11.4 Å². The van der Waals surface area contributed by atoms with Crippen molar-refractivity contribution < 1.29 is 4.57 Å². The van der Waals surface area contributed by atoms with E-state index in [2.05, 4.69) is 22.1 Å². The number of aromatic amines is 1. The fourth-order valence-corrected chi connectivity index (χ4v) is 1.17. The van der Waals surface area contributed by atoms with Gasteiger partial charge < -0.3 is 4.98 Å². The summed E-state index contributed by atoms with van der Waals surface area (Å²) in [5.41, 5.74) is 1.17. The third-order valence-corrected chi connectivity index (χ3v) is 1.96. The Hall–Kier alpha value is -1.90. The number of hydrogen-bond donors (Lipinski definition) is 1. The molecule has 2 aromatic rings. The molecule has 0 unspecified atom stereocenters. The van der Waals surface area contributed by atoms with Crippen LogP contribution in [0.3, 0.4) is 0 Å². The molecule has 0 spiro atoms. The summed E-state index contributed by atoms with van der Waals surface area (Å²) in [6.45, 7) is 0. The molecule has 0 bridgehead atoms. The van der Waals surface area contributed by atoms with E-state index in [1.54, 1.807) is 6.20 Å². The van der Waals surface area contributed by atoms with Gasteiger partial charge in [-0.05, 0) is 11.6 Å². The van der Waals surface area contributed by atoms with Crippen molar-refractivity contribution in [3.05, 3.63) is 48.3 Å². The van der Waals surface area contributed by atoms with Gasteiger partial charge in [-0.25, -0.2) is 9.55 Å². The summed E-state index contributed by atoms with van der Waals surface area (Å²) in [6.07, 6.45) is 11.6. The lowest BCUT2D eigenvalue weighted by molar-refractivity contribution is -0.671. The second-order valence-corrected chi connectivity index (χ2v) is 3.10. The van der Waals surface area contributed by atoms with Crippen molar-refractivity contribution in [3.63, 3.8) is 0 Å². The molecule has 14 heavy (non-hydrogen) atoms. The highest BCUT2D eigenvalue weighted by molar-refractivity contribution is 5.65. The first-order valence-corrected chi connectivity index (χ1v) is 4.47. The molecule has 0 fully saturated rings. The summed E-state index contributed by atoms with van der Waals surface area (Å²) in [7, 11) is 2.00. The molecule has 1 N–H and O–H groups in total. The maximum absolute atomic E-state index is 4.10. The topological polar surface area (TPSA) is 32.6 Å². The van der Waals surface area contributed by atoms with E-state index in [-0.39, 0.29) is 0 Å². The van der Waals surface area contributed by atoms with Crippen molar-refractivity contribution >= 4 is 12.2 Å². The molecule has 2 aromatic heterocycles. The van der Waals surface area contributed by atoms with Crippen LogP contribution in [0, 0.1) is 0 Å². The van der Waals surface area contributed by atoms with Crippen molar-refractivity contribution in [2.45, 2.75) is 0 Å². The fraction of sp³-hybridized carbons (Fsp3) is 0.0909. The van der Waals surface area contributed by atoms with E-state index in [9.17, 15) is 0 Å². The summed E-state index contributed by atoms with van der Waals surface area (Å²) in [4.78, 5) is 7.12. The molecular formula is C11H12N3+. The zero-order valence-electron chi connectivity index (χ0n) is 8.01. The number of nitrogens with zero attached hydrogens (tertiary/aromatic N) is 2. The number of H-pyrrole nitrogens is 1. The molecule has 3 heteroatoms. The number of aromatic nitrogens is 3. The molecule has 70 valence electrons. The first-order chi connectivity index (χ1) is 6.84. The molecule has 0 aliphatic heterocycles. The standard InChI is InChI=1S/C11H11N3/c1-14-8-4-10(5-9-14)2-3-11-12-6-7-13-11/h2-9H,1H3/p+1. The summed E-state index contributed by atoms with van der Waals surface area (Å²) in [5.74, 6) is 0.873. The molecule has 0 amide bonds. The number of rotatable bonds is 2. The quantitative estimate of drug-likeness (QED) is 0.706. The van der Waals surface area contributed by atoms with Crippen LogP contribution in [0.4, 0.5) is 0 Å². The Balaban J connectivity index is 2.15.